The average Bonchev–Trinajstić information content (AvgIpc) is 2.51. The zero-order chi connectivity index (χ0) is 10.1. The lowest BCUT2D eigenvalue weighted by Gasteiger charge is -2.33. The molecule has 6 heteroatoms. The molecule has 1 saturated carbocycles. The van der Waals surface area contributed by atoms with Crippen molar-refractivity contribution in [2.75, 3.05) is 6.61 Å². The Bertz CT molecular complexity index is 343. The zero-order valence-corrected chi connectivity index (χ0v) is 7.63. The molecular formula is C8H12N4O2. The van der Waals surface area contributed by atoms with Crippen molar-refractivity contribution in [1.82, 2.24) is 15.0 Å². The van der Waals surface area contributed by atoms with Crippen LogP contribution in [0.3, 0.4) is 0 Å². The molecule has 0 spiro atoms. The van der Waals surface area contributed by atoms with Crippen LogP contribution in [0.15, 0.2) is 6.20 Å². The number of rotatable bonds is 3. The van der Waals surface area contributed by atoms with Gasteiger partial charge in [-0.2, -0.15) is 0 Å². The smallest absolute Gasteiger partial charge is 0.270 e. The fourth-order valence-electron chi connectivity index (χ4n) is 1.63. The van der Waals surface area contributed by atoms with Crippen LogP contribution in [0.1, 0.15) is 29.4 Å². The van der Waals surface area contributed by atoms with E-state index in [0.29, 0.717) is 5.92 Å². The lowest BCUT2D eigenvalue weighted by molar-refractivity contribution is 0.0993. The van der Waals surface area contributed by atoms with Crippen LogP contribution >= 0.6 is 0 Å². The summed E-state index contributed by atoms with van der Waals surface area (Å²) in [6, 6.07) is 0.257. The molecule has 0 atom stereocenters. The van der Waals surface area contributed by atoms with Gasteiger partial charge in [-0.25, -0.2) is 4.68 Å². The Balaban J connectivity index is 2.01. The first-order chi connectivity index (χ1) is 6.70. The summed E-state index contributed by atoms with van der Waals surface area (Å²) in [6.07, 6.45) is 3.33. The molecule has 0 unspecified atom stereocenters. The van der Waals surface area contributed by atoms with Crippen molar-refractivity contribution >= 4 is 5.91 Å². The molecule has 1 heterocycles. The van der Waals surface area contributed by atoms with E-state index in [1.165, 1.54) is 0 Å². The molecule has 1 aliphatic carbocycles. The molecule has 0 aliphatic heterocycles. The minimum atomic E-state index is -0.561. The first kappa shape index (κ1) is 9.14. The van der Waals surface area contributed by atoms with Gasteiger partial charge in [-0.05, 0) is 18.8 Å². The van der Waals surface area contributed by atoms with E-state index >= 15 is 0 Å². The fourth-order valence-corrected chi connectivity index (χ4v) is 1.63. The SMILES string of the molecule is NC(=O)c1cn(C2CC(CO)C2)nn1. The van der Waals surface area contributed by atoms with Gasteiger partial charge in [-0.1, -0.05) is 5.21 Å². The highest BCUT2D eigenvalue weighted by Gasteiger charge is 2.30. The maximum Gasteiger partial charge on any atom is 0.270 e. The molecule has 3 N–H and O–H groups in total. The summed E-state index contributed by atoms with van der Waals surface area (Å²) in [4.78, 5) is 10.7. The molecule has 1 fully saturated rings. The number of hydrogen-bond acceptors (Lipinski definition) is 4. The maximum atomic E-state index is 10.7. The van der Waals surface area contributed by atoms with E-state index in [2.05, 4.69) is 10.3 Å². The molecule has 0 saturated heterocycles. The molecule has 0 radical (unpaired) electrons. The number of nitrogens with two attached hydrogens (primary N) is 1. The topological polar surface area (TPSA) is 94.0 Å². The highest BCUT2D eigenvalue weighted by molar-refractivity contribution is 5.90. The summed E-state index contributed by atoms with van der Waals surface area (Å²) in [5, 5.41) is 16.3. The summed E-state index contributed by atoms with van der Waals surface area (Å²) < 4.78 is 1.65. The minimum Gasteiger partial charge on any atom is -0.396 e. The van der Waals surface area contributed by atoms with E-state index in [1.807, 2.05) is 0 Å². The largest absolute Gasteiger partial charge is 0.396 e. The summed E-state index contributed by atoms with van der Waals surface area (Å²) in [5.74, 6) is -0.199. The monoisotopic (exact) mass is 196 g/mol. The van der Waals surface area contributed by atoms with E-state index in [4.69, 9.17) is 10.8 Å². The number of amides is 1. The van der Waals surface area contributed by atoms with Gasteiger partial charge in [0, 0.05) is 6.61 Å². The van der Waals surface area contributed by atoms with Gasteiger partial charge in [0.1, 0.15) is 0 Å². The summed E-state index contributed by atoms with van der Waals surface area (Å²) in [7, 11) is 0. The normalized spacial score (nSPS) is 25.8. The molecule has 0 bridgehead atoms. The third-order valence-corrected chi connectivity index (χ3v) is 2.61. The standard InChI is InChI=1S/C8H12N4O2/c9-8(14)7-3-12(11-10-7)6-1-5(2-6)4-13/h3,5-6,13H,1-2,4H2,(H2,9,14). The quantitative estimate of drug-likeness (QED) is 0.669. The second-order valence-corrected chi connectivity index (χ2v) is 3.62. The van der Waals surface area contributed by atoms with Crippen LogP contribution in [0.5, 0.6) is 0 Å². The van der Waals surface area contributed by atoms with Crippen LogP contribution < -0.4 is 5.73 Å². The van der Waals surface area contributed by atoms with Crippen molar-refractivity contribution in [3.8, 4) is 0 Å². The van der Waals surface area contributed by atoms with Crippen LogP contribution in [0.4, 0.5) is 0 Å². The highest BCUT2D eigenvalue weighted by Crippen LogP contribution is 2.36. The number of aromatic nitrogens is 3. The van der Waals surface area contributed by atoms with E-state index < -0.39 is 5.91 Å². The van der Waals surface area contributed by atoms with Crippen molar-refractivity contribution in [3.63, 3.8) is 0 Å². The zero-order valence-electron chi connectivity index (χ0n) is 7.63. The van der Waals surface area contributed by atoms with E-state index in [0.717, 1.165) is 12.8 Å². The summed E-state index contributed by atoms with van der Waals surface area (Å²) >= 11 is 0. The summed E-state index contributed by atoms with van der Waals surface area (Å²) in [5.41, 5.74) is 5.24. The van der Waals surface area contributed by atoms with Gasteiger partial charge in [0.05, 0.1) is 12.2 Å². The molecule has 2 rings (SSSR count). The molecular weight excluding hydrogens is 184 g/mol. The van der Waals surface area contributed by atoms with Gasteiger partial charge in [-0.3, -0.25) is 4.79 Å². The maximum absolute atomic E-state index is 10.7. The molecule has 1 aromatic rings. The predicted octanol–water partition coefficient (Wildman–Crippen LogP) is -0.680. The third-order valence-electron chi connectivity index (χ3n) is 2.61. The Hall–Kier alpha value is -1.43. The van der Waals surface area contributed by atoms with Gasteiger partial charge in [0.15, 0.2) is 5.69 Å². The van der Waals surface area contributed by atoms with Crippen molar-refractivity contribution in [2.45, 2.75) is 18.9 Å². The molecule has 1 aromatic heterocycles. The Morgan fingerprint density at radius 1 is 1.71 bits per heavy atom. The lowest BCUT2D eigenvalue weighted by atomic mass is 9.81. The number of aliphatic hydroxyl groups is 1. The first-order valence-corrected chi connectivity index (χ1v) is 4.53. The second kappa shape index (κ2) is 3.38. The first-order valence-electron chi connectivity index (χ1n) is 4.53. The van der Waals surface area contributed by atoms with E-state index in [-0.39, 0.29) is 18.3 Å². The Morgan fingerprint density at radius 3 is 2.93 bits per heavy atom. The molecule has 1 aliphatic rings. The summed E-state index contributed by atoms with van der Waals surface area (Å²) in [6.45, 7) is 0.216. The van der Waals surface area contributed by atoms with Gasteiger partial charge < -0.3 is 10.8 Å². The van der Waals surface area contributed by atoms with Gasteiger partial charge in [-0.15, -0.1) is 5.10 Å². The Morgan fingerprint density at radius 2 is 2.43 bits per heavy atom. The van der Waals surface area contributed by atoms with E-state index in [1.54, 1.807) is 10.9 Å². The highest BCUT2D eigenvalue weighted by atomic mass is 16.3. The van der Waals surface area contributed by atoms with Gasteiger partial charge in [0.25, 0.3) is 5.91 Å². The van der Waals surface area contributed by atoms with Crippen LogP contribution in [-0.4, -0.2) is 32.6 Å². The Labute approximate surface area is 80.7 Å². The number of aliphatic hydroxyl groups excluding tert-OH is 1. The van der Waals surface area contributed by atoms with Crippen molar-refractivity contribution in [1.29, 1.82) is 0 Å². The number of hydrogen-bond donors (Lipinski definition) is 2. The number of carbonyl (C=O) groups is 1. The van der Waals surface area contributed by atoms with Crippen molar-refractivity contribution in [3.05, 3.63) is 11.9 Å². The van der Waals surface area contributed by atoms with Crippen LogP contribution in [-0.2, 0) is 0 Å². The average molecular weight is 196 g/mol. The van der Waals surface area contributed by atoms with Crippen LogP contribution in [0.25, 0.3) is 0 Å². The lowest BCUT2D eigenvalue weighted by Crippen LogP contribution is -2.29. The second-order valence-electron chi connectivity index (χ2n) is 3.62. The van der Waals surface area contributed by atoms with E-state index in [9.17, 15) is 4.79 Å². The van der Waals surface area contributed by atoms with Crippen molar-refractivity contribution in [2.24, 2.45) is 11.7 Å². The van der Waals surface area contributed by atoms with Crippen LogP contribution in [0, 0.1) is 5.92 Å². The molecule has 76 valence electrons. The molecule has 14 heavy (non-hydrogen) atoms. The predicted molar refractivity (Wildman–Crippen MR) is 47.4 cm³/mol. The molecule has 1 amide bonds. The third kappa shape index (κ3) is 1.48. The number of primary amides is 1. The van der Waals surface area contributed by atoms with Crippen LogP contribution in [0.2, 0.25) is 0 Å². The molecule has 6 nitrogen and oxygen atoms in total. The Kier molecular flexibility index (Phi) is 2.20. The van der Waals surface area contributed by atoms with Crippen molar-refractivity contribution < 1.29 is 9.90 Å². The number of nitrogens with zero attached hydrogens (tertiary/aromatic N) is 3. The number of carbonyl (C=O) groups excluding carboxylic acids is 1. The fraction of sp³-hybridized carbons (Fsp3) is 0.625. The van der Waals surface area contributed by atoms with Gasteiger partial charge in [0.2, 0.25) is 0 Å². The molecule has 0 aromatic carbocycles. The minimum absolute atomic E-state index is 0.192. The van der Waals surface area contributed by atoms with Gasteiger partial charge >= 0.3 is 0 Å².